The van der Waals surface area contributed by atoms with Crippen molar-refractivity contribution < 1.29 is 8.42 Å². The van der Waals surface area contributed by atoms with Crippen LogP contribution in [-0.2, 0) is 16.3 Å². The normalized spacial score (nSPS) is 13.3. The van der Waals surface area contributed by atoms with Gasteiger partial charge < -0.3 is 5.32 Å². The summed E-state index contributed by atoms with van der Waals surface area (Å²) >= 11 is 0. The van der Waals surface area contributed by atoms with Crippen LogP contribution in [-0.4, -0.2) is 32.5 Å². The number of benzene rings is 1. The smallest absolute Gasteiger partial charge is 0.150 e. The van der Waals surface area contributed by atoms with Gasteiger partial charge in [0.05, 0.1) is 5.75 Å². The molecule has 1 aromatic rings. The van der Waals surface area contributed by atoms with Crippen LogP contribution in [0.5, 0.6) is 0 Å². The SMILES string of the molecule is CCNC(CCCS(=O)(=O)CC)Cc1cc(C)ccc1C. The lowest BCUT2D eigenvalue weighted by atomic mass is 9.97. The number of nitrogens with one attached hydrogen (secondary N) is 1. The minimum Gasteiger partial charge on any atom is -0.314 e. The molecule has 0 radical (unpaired) electrons. The van der Waals surface area contributed by atoms with Crippen LogP contribution >= 0.6 is 0 Å². The summed E-state index contributed by atoms with van der Waals surface area (Å²) in [5.41, 5.74) is 3.95. The van der Waals surface area contributed by atoms with Gasteiger partial charge >= 0.3 is 0 Å². The van der Waals surface area contributed by atoms with E-state index in [1.807, 2.05) is 0 Å². The van der Waals surface area contributed by atoms with Gasteiger partial charge in [-0.15, -0.1) is 0 Å². The zero-order valence-electron chi connectivity index (χ0n) is 13.8. The van der Waals surface area contributed by atoms with Gasteiger partial charge in [-0.05, 0) is 50.8 Å². The van der Waals surface area contributed by atoms with E-state index in [1.54, 1.807) is 6.92 Å². The lowest BCUT2D eigenvalue weighted by Crippen LogP contribution is -2.31. The lowest BCUT2D eigenvalue weighted by Gasteiger charge is -2.19. The van der Waals surface area contributed by atoms with E-state index >= 15 is 0 Å². The van der Waals surface area contributed by atoms with Gasteiger partial charge in [0.25, 0.3) is 0 Å². The summed E-state index contributed by atoms with van der Waals surface area (Å²) in [6.45, 7) is 8.97. The highest BCUT2D eigenvalue weighted by molar-refractivity contribution is 7.91. The van der Waals surface area contributed by atoms with E-state index in [9.17, 15) is 8.42 Å². The van der Waals surface area contributed by atoms with E-state index in [0.717, 1.165) is 25.8 Å². The standard InChI is InChI=1S/C17H29NO2S/c1-5-18-17(8-7-11-21(19,20)6-2)13-16-12-14(3)9-10-15(16)4/h9-10,12,17-18H,5-8,11,13H2,1-4H3. The number of rotatable bonds is 9. The molecular weight excluding hydrogens is 282 g/mol. The third kappa shape index (κ3) is 6.62. The van der Waals surface area contributed by atoms with Gasteiger partial charge in [0.2, 0.25) is 0 Å². The summed E-state index contributed by atoms with van der Waals surface area (Å²) in [6.07, 6.45) is 2.60. The topological polar surface area (TPSA) is 46.2 Å². The molecule has 0 heterocycles. The summed E-state index contributed by atoms with van der Waals surface area (Å²) in [6, 6.07) is 6.88. The van der Waals surface area contributed by atoms with E-state index in [0.29, 0.717) is 11.8 Å². The number of sulfone groups is 1. The van der Waals surface area contributed by atoms with Crippen molar-refractivity contribution in [3.63, 3.8) is 0 Å². The molecule has 1 atom stereocenters. The highest BCUT2D eigenvalue weighted by atomic mass is 32.2. The Bertz CT molecular complexity index is 538. The zero-order valence-corrected chi connectivity index (χ0v) is 14.6. The molecule has 0 fully saturated rings. The molecule has 0 saturated heterocycles. The van der Waals surface area contributed by atoms with E-state index in [1.165, 1.54) is 16.7 Å². The molecule has 0 aromatic heterocycles. The van der Waals surface area contributed by atoms with Crippen LogP contribution in [0.25, 0.3) is 0 Å². The number of aryl methyl sites for hydroxylation is 2. The van der Waals surface area contributed by atoms with Crippen LogP contribution in [0.2, 0.25) is 0 Å². The number of hydrogen-bond acceptors (Lipinski definition) is 3. The second-order valence-electron chi connectivity index (χ2n) is 5.77. The van der Waals surface area contributed by atoms with E-state index in [4.69, 9.17) is 0 Å². The Hall–Kier alpha value is -0.870. The summed E-state index contributed by atoms with van der Waals surface area (Å²) in [7, 11) is -2.85. The minimum atomic E-state index is -2.85. The monoisotopic (exact) mass is 311 g/mol. The third-order valence-corrected chi connectivity index (χ3v) is 5.70. The van der Waals surface area contributed by atoms with Gasteiger partial charge in [-0.3, -0.25) is 0 Å². The molecule has 0 aliphatic heterocycles. The second-order valence-corrected chi connectivity index (χ2v) is 8.24. The summed E-state index contributed by atoms with van der Waals surface area (Å²) < 4.78 is 23.2. The molecule has 4 heteroatoms. The van der Waals surface area contributed by atoms with E-state index in [-0.39, 0.29) is 5.75 Å². The van der Waals surface area contributed by atoms with Crippen molar-refractivity contribution in [1.82, 2.24) is 5.32 Å². The van der Waals surface area contributed by atoms with Crippen LogP contribution in [0.4, 0.5) is 0 Å². The Morgan fingerprint density at radius 2 is 1.90 bits per heavy atom. The van der Waals surface area contributed by atoms with Crippen LogP contribution < -0.4 is 5.32 Å². The molecule has 3 nitrogen and oxygen atoms in total. The molecule has 1 N–H and O–H groups in total. The van der Waals surface area contributed by atoms with Crippen LogP contribution in [0, 0.1) is 13.8 Å². The molecule has 1 rings (SSSR count). The maximum atomic E-state index is 11.6. The Morgan fingerprint density at radius 1 is 1.19 bits per heavy atom. The molecule has 1 unspecified atom stereocenters. The molecule has 0 spiro atoms. The van der Waals surface area contributed by atoms with Gasteiger partial charge in [0, 0.05) is 11.8 Å². The molecule has 0 amide bonds. The Kier molecular flexibility index (Phi) is 7.40. The molecule has 120 valence electrons. The lowest BCUT2D eigenvalue weighted by molar-refractivity contribution is 0.483. The fourth-order valence-electron chi connectivity index (χ4n) is 2.54. The van der Waals surface area contributed by atoms with Gasteiger partial charge in [-0.2, -0.15) is 0 Å². The fourth-order valence-corrected chi connectivity index (χ4v) is 3.44. The maximum absolute atomic E-state index is 11.6. The van der Waals surface area contributed by atoms with Gasteiger partial charge in [0.15, 0.2) is 0 Å². The van der Waals surface area contributed by atoms with Crippen LogP contribution in [0.1, 0.15) is 43.4 Å². The van der Waals surface area contributed by atoms with Gasteiger partial charge in [0.1, 0.15) is 9.84 Å². The summed E-state index contributed by atoms with van der Waals surface area (Å²) in [4.78, 5) is 0. The van der Waals surface area contributed by atoms with Gasteiger partial charge in [-0.25, -0.2) is 8.42 Å². The highest BCUT2D eigenvalue weighted by Gasteiger charge is 2.13. The van der Waals surface area contributed by atoms with Crippen molar-refractivity contribution in [1.29, 1.82) is 0 Å². The molecule has 0 bridgehead atoms. The van der Waals surface area contributed by atoms with Crippen molar-refractivity contribution in [2.75, 3.05) is 18.1 Å². The van der Waals surface area contributed by atoms with Gasteiger partial charge in [-0.1, -0.05) is 37.6 Å². The first-order valence-corrected chi connectivity index (χ1v) is 9.70. The average Bonchev–Trinajstić information content (AvgIpc) is 2.43. The third-order valence-electron chi connectivity index (χ3n) is 3.91. The van der Waals surface area contributed by atoms with E-state index in [2.05, 4.69) is 44.3 Å². The van der Waals surface area contributed by atoms with Crippen molar-refractivity contribution in [3.05, 3.63) is 34.9 Å². The largest absolute Gasteiger partial charge is 0.314 e. The Balaban J connectivity index is 2.63. The number of hydrogen-bond donors (Lipinski definition) is 1. The molecule has 0 saturated carbocycles. The summed E-state index contributed by atoms with van der Waals surface area (Å²) in [5.74, 6) is 0.550. The average molecular weight is 311 g/mol. The molecular formula is C17H29NO2S. The first kappa shape index (κ1) is 18.2. The quantitative estimate of drug-likeness (QED) is 0.762. The predicted molar refractivity (Wildman–Crippen MR) is 90.6 cm³/mol. The maximum Gasteiger partial charge on any atom is 0.150 e. The first-order chi connectivity index (χ1) is 9.88. The van der Waals surface area contributed by atoms with Crippen molar-refractivity contribution in [3.8, 4) is 0 Å². The second kappa shape index (κ2) is 8.54. The Labute approximate surface area is 130 Å². The fraction of sp³-hybridized carbons (Fsp3) is 0.647. The molecule has 0 aliphatic carbocycles. The van der Waals surface area contributed by atoms with Crippen molar-refractivity contribution >= 4 is 9.84 Å². The highest BCUT2D eigenvalue weighted by Crippen LogP contribution is 2.15. The van der Waals surface area contributed by atoms with Crippen LogP contribution in [0.3, 0.4) is 0 Å². The summed E-state index contributed by atoms with van der Waals surface area (Å²) in [5, 5.41) is 3.49. The van der Waals surface area contributed by atoms with Crippen molar-refractivity contribution in [2.45, 2.75) is 53.0 Å². The minimum absolute atomic E-state index is 0.246. The molecule has 1 aromatic carbocycles. The van der Waals surface area contributed by atoms with Crippen LogP contribution in [0.15, 0.2) is 18.2 Å². The van der Waals surface area contributed by atoms with Crippen molar-refractivity contribution in [2.24, 2.45) is 0 Å². The molecule has 21 heavy (non-hydrogen) atoms. The number of likely N-dealkylation sites (N-methyl/N-ethyl adjacent to an activating group) is 1. The zero-order chi connectivity index (χ0) is 15.9. The predicted octanol–water partition coefficient (Wildman–Crippen LogP) is 3.04. The first-order valence-electron chi connectivity index (χ1n) is 7.88. The Morgan fingerprint density at radius 3 is 2.52 bits per heavy atom. The molecule has 0 aliphatic rings. The van der Waals surface area contributed by atoms with E-state index < -0.39 is 9.84 Å².